The summed E-state index contributed by atoms with van der Waals surface area (Å²) in [4.78, 5) is 28.7. The molecule has 2 saturated carbocycles. The van der Waals surface area contributed by atoms with Gasteiger partial charge in [0.1, 0.15) is 5.69 Å². The van der Waals surface area contributed by atoms with Crippen molar-refractivity contribution in [3.05, 3.63) is 48.0 Å². The molecule has 0 aliphatic heterocycles. The van der Waals surface area contributed by atoms with E-state index in [2.05, 4.69) is 15.4 Å². The molecule has 1 amide bonds. The standard InChI is InChI=1S/C25H28N4O5/c1-25(2,33)13-29-19(24(31)32)11-18(28-29)16-4-3-5-17(10-16)23-26-12-20(34-23)22(30)27-21(14-6-7-14)15-8-9-15/h3-5,10-12,14-15,21,33H,6-9,13H2,1-2H3,(H,27,30)(H,31,32). The topological polar surface area (TPSA) is 130 Å². The van der Waals surface area contributed by atoms with Gasteiger partial charge >= 0.3 is 5.97 Å². The van der Waals surface area contributed by atoms with E-state index in [-0.39, 0.29) is 29.9 Å². The van der Waals surface area contributed by atoms with Gasteiger partial charge in [-0.3, -0.25) is 9.48 Å². The maximum Gasteiger partial charge on any atom is 0.354 e. The van der Waals surface area contributed by atoms with E-state index < -0.39 is 11.6 Å². The smallest absolute Gasteiger partial charge is 0.354 e. The molecule has 1 aromatic carbocycles. The number of aliphatic hydroxyl groups is 1. The fourth-order valence-corrected chi connectivity index (χ4v) is 4.29. The van der Waals surface area contributed by atoms with E-state index in [0.29, 0.717) is 34.5 Å². The van der Waals surface area contributed by atoms with Crippen molar-refractivity contribution in [2.45, 2.75) is 57.7 Å². The number of aromatic nitrogens is 3. The predicted molar refractivity (Wildman–Crippen MR) is 123 cm³/mol. The molecular formula is C25H28N4O5. The third kappa shape index (κ3) is 4.89. The zero-order valence-corrected chi connectivity index (χ0v) is 19.2. The van der Waals surface area contributed by atoms with Crippen LogP contribution >= 0.6 is 0 Å². The first kappa shape index (κ1) is 22.3. The average Bonchev–Trinajstić information content (AvgIpc) is 3.70. The summed E-state index contributed by atoms with van der Waals surface area (Å²) in [5.41, 5.74) is 0.624. The van der Waals surface area contributed by atoms with Crippen LogP contribution in [-0.4, -0.2) is 48.5 Å². The number of carboxylic acids is 1. The molecule has 0 radical (unpaired) electrons. The van der Waals surface area contributed by atoms with Crippen LogP contribution in [0.4, 0.5) is 0 Å². The minimum absolute atomic E-state index is 0.0153. The highest BCUT2D eigenvalue weighted by Crippen LogP contribution is 2.44. The van der Waals surface area contributed by atoms with Gasteiger partial charge in [-0.15, -0.1) is 0 Å². The SMILES string of the molecule is CC(C)(O)Cn1nc(-c2cccc(-c3ncc(C(=O)NC(C4CC4)C4CC4)o3)c2)cc1C(=O)O. The Balaban J connectivity index is 1.37. The molecule has 9 nitrogen and oxygen atoms in total. The van der Waals surface area contributed by atoms with Gasteiger partial charge in [-0.1, -0.05) is 12.1 Å². The molecule has 178 valence electrons. The molecule has 0 saturated heterocycles. The molecule has 0 unspecified atom stereocenters. The van der Waals surface area contributed by atoms with Crippen molar-refractivity contribution in [3.63, 3.8) is 0 Å². The van der Waals surface area contributed by atoms with Gasteiger partial charge in [0, 0.05) is 17.2 Å². The summed E-state index contributed by atoms with van der Waals surface area (Å²) in [5, 5.41) is 27.2. The fraction of sp³-hybridized carbons (Fsp3) is 0.440. The number of carbonyl (C=O) groups is 2. The Kier molecular flexibility index (Phi) is 5.51. The molecule has 9 heteroatoms. The molecule has 3 aromatic rings. The summed E-state index contributed by atoms with van der Waals surface area (Å²) in [5.74, 6) is 0.281. The quantitative estimate of drug-likeness (QED) is 0.441. The number of aromatic carboxylic acids is 1. The van der Waals surface area contributed by atoms with Gasteiger partial charge in [-0.2, -0.15) is 5.10 Å². The molecule has 2 aromatic heterocycles. The number of nitrogens with zero attached hydrogens (tertiary/aromatic N) is 3. The van der Waals surface area contributed by atoms with Gasteiger partial charge in [-0.05, 0) is 69.6 Å². The molecule has 2 aliphatic rings. The molecule has 2 heterocycles. The van der Waals surface area contributed by atoms with Crippen molar-refractivity contribution in [3.8, 4) is 22.7 Å². The molecule has 5 rings (SSSR count). The Morgan fingerprint density at radius 1 is 1.18 bits per heavy atom. The maximum atomic E-state index is 12.7. The van der Waals surface area contributed by atoms with E-state index in [1.165, 1.54) is 42.6 Å². The summed E-state index contributed by atoms with van der Waals surface area (Å²) in [6.07, 6.45) is 6.13. The Bertz CT molecular complexity index is 1220. The van der Waals surface area contributed by atoms with Gasteiger partial charge in [0.05, 0.1) is 24.0 Å². The molecular weight excluding hydrogens is 436 g/mol. The number of carboxylic acid groups (broad SMARTS) is 1. The normalized spacial score (nSPS) is 16.1. The highest BCUT2D eigenvalue weighted by molar-refractivity contribution is 5.92. The zero-order chi connectivity index (χ0) is 24.0. The Morgan fingerprint density at radius 2 is 1.85 bits per heavy atom. The molecule has 0 atom stereocenters. The summed E-state index contributed by atoms with van der Waals surface area (Å²) >= 11 is 0. The zero-order valence-electron chi connectivity index (χ0n) is 19.2. The predicted octanol–water partition coefficient (Wildman–Crippen LogP) is 3.59. The highest BCUT2D eigenvalue weighted by Gasteiger charge is 2.42. The van der Waals surface area contributed by atoms with Crippen molar-refractivity contribution in [1.29, 1.82) is 0 Å². The largest absolute Gasteiger partial charge is 0.477 e. The van der Waals surface area contributed by atoms with Crippen molar-refractivity contribution in [2.75, 3.05) is 0 Å². The lowest BCUT2D eigenvalue weighted by molar-refractivity contribution is 0.0532. The number of hydrogen-bond donors (Lipinski definition) is 3. The number of amides is 1. The van der Waals surface area contributed by atoms with Crippen molar-refractivity contribution < 1.29 is 24.2 Å². The van der Waals surface area contributed by atoms with Gasteiger partial charge in [0.15, 0.2) is 0 Å². The third-order valence-corrected chi connectivity index (χ3v) is 6.23. The van der Waals surface area contributed by atoms with Gasteiger partial charge in [-0.25, -0.2) is 9.78 Å². The van der Waals surface area contributed by atoms with Crippen LogP contribution in [-0.2, 0) is 6.54 Å². The third-order valence-electron chi connectivity index (χ3n) is 6.23. The second kappa shape index (κ2) is 8.39. The Morgan fingerprint density at radius 3 is 2.47 bits per heavy atom. The highest BCUT2D eigenvalue weighted by atomic mass is 16.4. The summed E-state index contributed by atoms with van der Waals surface area (Å²) in [6.45, 7) is 3.22. The second-order valence-electron chi connectivity index (χ2n) is 9.97. The first-order valence-electron chi connectivity index (χ1n) is 11.6. The number of benzene rings is 1. The minimum Gasteiger partial charge on any atom is -0.477 e. The van der Waals surface area contributed by atoms with Crippen LogP contribution in [0.1, 0.15) is 60.6 Å². The van der Waals surface area contributed by atoms with Crippen LogP contribution < -0.4 is 5.32 Å². The minimum atomic E-state index is -1.13. The number of oxazole rings is 1. The van der Waals surface area contributed by atoms with Gasteiger partial charge in [0.2, 0.25) is 11.7 Å². The number of nitrogens with one attached hydrogen (secondary N) is 1. The molecule has 34 heavy (non-hydrogen) atoms. The van der Waals surface area contributed by atoms with Crippen LogP contribution in [0, 0.1) is 11.8 Å². The van der Waals surface area contributed by atoms with Crippen LogP contribution in [0.3, 0.4) is 0 Å². The maximum absolute atomic E-state index is 12.7. The lowest BCUT2D eigenvalue weighted by atomic mass is 10.1. The van der Waals surface area contributed by atoms with Gasteiger partial charge < -0.3 is 19.9 Å². The average molecular weight is 465 g/mol. The van der Waals surface area contributed by atoms with Crippen molar-refractivity contribution >= 4 is 11.9 Å². The van der Waals surface area contributed by atoms with E-state index in [9.17, 15) is 19.8 Å². The van der Waals surface area contributed by atoms with E-state index in [1.54, 1.807) is 38.1 Å². The summed E-state index contributed by atoms with van der Waals surface area (Å²) in [6, 6.07) is 8.88. The van der Waals surface area contributed by atoms with Crippen molar-refractivity contribution in [2.24, 2.45) is 11.8 Å². The van der Waals surface area contributed by atoms with E-state index in [0.717, 1.165) is 0 Å². The van der Waals surface area contributed by atoms with Crippen LogP contribution in [0.25, 0.3) is 22.7 Å². The first-order chi connectivity index (χ1) is 16.2. The number of hydrogen-bond acceptors (Lipinski definition) is 6. The van der Waals surface area contributed by atoms with Crippen LogP contribution in [0.5, 0.6) is 0 Å². The van der Waals surface area contributed by atoms with Crippen LogP contribution in [0.2, 0.25) is 0 Å². The second-order valence-corrected chi connectivity index (χ2v) is 9.97. The number of carbonyl (C=O) groups excluding carboxylic acids is 1. The van der Waals surface area contributed by atoms with Gasteiger partial charge in [0.25, 0.3) is 5.91 Å². The molecule has 3 N–H and O–H groups in total. The van der Waals surface area contributed by atoms with Crippen LogP contribution in [0.15, 0.2) is 40.9 Å². The van der Waals surface area contributed by atoms with E-state index in [1.807, 2.05) is 0 Å². The fourth-order valence-electron chi connectivity index (χ4n) is 4.29. The molecule has 2 fully saturated rings. The Hall–Kier alpha value is -3.46. The molecule has 0 bridgehead atoms. The molecule has 2 aliphatic carbocycles. The first-order valence-corrected chi connectivity index (χ1v) is 11.6. The Labute approximate surface area is 196 Å². The van der Waals surface area contributed by atoms with Crippen molar-refractivity contribution in [1.82, 2.24) is 20.1 Å². The lowest BCUT2D eigenvalue weighted by Crippen LogP contribution is -2.37. The lowest BCUT2D eigenvalue weighted by Gasteiger charge is -2.17. The monoisotopic (exact) mass is 464 g/mol. The summed E-state index contributed by atoms with van der Waals surface area (Å²) in [7, 11) is 0. The number of rotatable bonds is 9. The van der Waals surface area contributed by atoms with E-state index in [4.69, 9.17) is 4.42 Å². The van der Waals surface area contributed by atoms with E-state index >= 15 is 0 Å². The summed E-state index contributed by atoms with van der Waals surface area (Å²) < 4.78 is 7.07. The molecule has 0 spiro atoms.